The molecule has 6 heteroatoms. The average Bonchev–Trinajstić information content (AvgIpc) is 2.87. The smallest absolute Gasteiger partial charge is 0.356 e. The second-order valence-corrected chi connectivity index (χ2v) is 4.15. The highest BCUT2D eigenvalue weighted by Crippen LogP contribution is 2.24. The van der Waals surface area contributed by atoms with Crippen LogP contribution in [0.3, 0.4) is 0 Å². The molecule has 0 aliphatic heterocycles. The number of rotatable bonds is 3. The first-order valence-corrected chi connectivity index (χ1v) is 5.90. The number of hydrogen-bond donors (Lipinski definition) is 1. The van der Waals surface area contributed by atoms with Gasteiger partial charge in [0.2, 0.25) is 0 Å². The summed E-state index contributed by atoms with van der Waals surface area (Å²) < 4.78 is 6.81. The van der Waals surface area contributed by atoms with Gasteiger partial charge in [0.15, 0.2) is 5.69 Å². The minimum absolute atomic E-state index is 0.0103. The van der Waals surface area contributed by atoms with Gasteiger partial charge in [-0.05, 0) is 24.3 Å². The molecular weight excluding hydrogens is 258 g/mol. The number of carboxylic acids is 1. The van der Waals surface area contributed by atoms with Crippen molar-refractivity contribution >= 4 is 11.5 Å². The normalized spacial score (nSPS) is 10.7. The molecule has 2 heterocycles. The van der Waals surface area contributed by atoms with Crippen LogP contribution in [0.1, 0.15) is 10.5 Å². The van der Waals surface area contributed by atoms with Gasteiger partial charge in [-0.25, -0.2) is 9.78 Å². The number of hydrogen-bond acceptors (Lipinski definition) is 4. The van der Waals surface area contributed by atoms with Gasteiger partial charge in [-0.1, -0.05) is 0 Å². The first-order valence-electron chi connectivity index (χ1n) is 5.90. The third-order valence-corrected chi connectivity index (χ3v) is 3.00. The van der Waals surface area contributed by atoms with E-state index in [-0.39, 0.29) is 5.69 Å². The predicted octanol–water partition coefficient (Wildman–Crippen LogP) is 2.10. The monoisotopic (exact) mass is 269 g/mol. The summed E-state index contributed by atoms with van der Waals surface area (Å²) in [5.74, 6) is 0.215. The van der Waals surface area contributed by atoms with Crippen molar-refractivity contribution in [3.63, 3.8) is 0 Å². The van der Waals surface area contributed by atoms with E-state index in [1.54, 1.807) is 36.0 Å². The van der Waals surface area contributed by atoms with E-state index >= 15 is 0 Å². The molecule has 0 saturated heterocycles. The Morgan fingerprint density at radius 2 is 2.05 bits per heavy atom. The van der Waals surface area contributed by atoms with Crippen molar-refractivity contribution in [3.8, 4) is 17.1 Å². The number of methoxy groups -OCH3 is 1. The Balaban J connectivity index is 2.22. The zero-order chi connectivity index (χ0) is 14.1. The molecule has 0 unspecified atom stereocenters. The van der Waals surface area contributed by atoms with E-state index in [1.807, 2.05) is 12.1 Å². The Morgan fingerprint density at radius 3 is 2.70 bits per heavy atom. The maximum atomic E-state index is 11.2. The summed E-state index contributed by atoms with van der Waals surface area (Å²) in [4.78, 5) is 19.4. The Bertz CT molecular complexity index is 778. The third kappa shape index (κ3) is 1.87. The van der Waals surface area contributed by atoms with E-state index in [1.165, 1.54) is 6.20 Å². The van der Waals surface area contributed by atoms with Crippen molar-refractivity contribution in [2.75, 3.05) is 7.11 Å². The lowest BCUT2D eigenvalue weighted by molar-refractivity contribution is 0.0693. The molecule has 0 radical (unpaired) electrons. The molecule has 3 rings (SSSR count). The number of ether oxygens (including phenoxy) is 1. The highest BCUT2D eigenvalue weighted by atomic mass is 16.5. The molecular formula is C14H11N3O3. The number of imidazole rings is 1. The molecule has 100 valence electrons. The van der Waals surface area contributed by atoms with Gasteiger partial charge in [-0.2, -0.15) is 0 Å². The third-order valence-electron chi connectivity index (χ3n) is 3.00. The molecule has 3 aromatic rings. The molecule has 0 aliphatic rings. The number of benzene rings is 1. The molecule has 6 nitrogen and oxygen atoms in total. The van der Waals surface area contributed by atoms with E-state index in [0.717, 1.165) is 11.3 Å². The molecule has 0 atom stereocenters. The Kier molecular flexibility index (Phi) is 2.83. The average molecular weight is 269 g/mol. The minimum atomic E-state index is -1.07. The SMILES string of the molecule is COc1ccc(-c2nc(C(=O)O)c3cnccn23)cc1. The van der Waals surface area contributed by atoms with Crippen molar-refractivity contribution in [2.45, 2.75) is 0 Å². The number of aromatic nitrogens is 3. The van der Waals surface area contributed by atoms with Gasteiger partial charge in [0.25, 0.3) is 0 Å². The van der Waals surface area contributed by atoms with Gasteiger partial charge in [0, 0.05) is 18.0 Å². The first-order chi connectivity index (χ1) is 9.70. The number of fused-ring (bicyclic) bond motifs is 1. The van der Waals surface area contributed by atoms with E-state index in [2.05, 4.69) is 9.97 Å². The van der Waals surface area contributed by atoms with Gasteiger partial charge in [-0.15, -0.1) is 0 Å². The second kappa shape index (κ2) is 4.65. The van der Waals surface area contributed by atoms with Crippen LogP contribution in [0.2, 0.25) is 0 Å². The molecule has 0 saturated carbocycles. The zero-order valence-corrected chi connectivity index (χ0v) is 10.6. The maximum Gasteiger partial charge on any atom is 0.356 e. The van der Waals surface area contributed by atoms with E-state index in [4.69, 9.17) is 4.74 Å². The molecule has 0 fully saturated rings. The van der Waals surface area contributed by atoms with E-state index in [0.29, 0.717) is 11.3 Å². The Morgan fingerprint density at radius 1 is 1.30 bits per heavy atom. The van der Waals surface area contributed by atoms with Crippen molar-refractivity contribution in [3.05, 3.63) is 48.5 Å². The standard InChI is InChI=1S/C14H11N3O3/c1-20-10-4-2-9(3-5-10)13-16-12(14(18)19)11-8-15-6-7-17(11)13/h2-8H,1H3,(H,18,19). The molecule has 0 amide bonds. The predicted molar refractivity (Wildman–Crippen MR) is 71.9 cm³/mol. The van der Waals surface area contributed by atoms with Crippen LogP contribution in [0.25, 0.3) is 16.9 Å². The fraction of sp³-hybridized carbons (Fsp3) is 0.0714. The van der Waals surface area contributed by atoms with Crippen LogP contribution < -0.4 is 4.74 Å². The molecule has 1 N–H and O–H groups in total. The number of carboxylic acid groups (broad SMARTS) is 1. The lowest BCUT2D eigenvalue weighted by atomic mass is 10.2. The summed E-state index contributed by atoms with van der Waals surface area (Å²) in [7, 11) is 1.59. The fourth-order valence-corrected chi connectivity index (χ4v) is 2.04. The van der Waals surface area contributed by atoms with Crippen LogP contribution in [-0.4, -0.2) is 32.6 Å². The molecule has 2 aromatic heterocycles. The fourth-order valence-electron chi connectivity index (χ4n) is 2.04. The van der Waals surface area contributed by atoms with Gasteiger partial charge in [-0.3, -0.25) is 9.38 Å². The van der Waals surface area contributed by atoms with Crippen LogP contribution in [0.4, 0.5) is 0 Å². The molecule has 1 aromatic carbocycles. The lowest BCUT2D eigenvalue weighted by Crippen LogP contribution is -1.97. The molecule has 0 aliphatic carbocycles. The van der Waals surface area contributed by atoms with Gasteiger partial charge >= 0.3 is 5.97 Å². The molecule has 20 heavy (non-hydrogen) atoms. The van der Waals surface area contributed by atoms with Crippen molar-refractivity contribution in [1.29, 1.82) is 0 Å². The first kappa shape index (κ1) is 12.2. The van der Waals surface area contributed by atoms with Gasteiger partial charge < -0.3 is 9.84 Å². The van der Waals surface area contributed by atoms with Crippen molar-refractivity contribution < 1.29 is 14.6 Å². The quantitative estimate of drug-likeness (QED) is 0.788. The zero-order valence-electron chi connectivity index (χ0n) is 10.6. The minimum Gasteiger partial charge on any atom is -0.497 e. The Labute approximate surface area is 114 Å². The summed E-state index contributed by atoms with van der Waals surface area (Å²) in [6.07, 6.45) is 4.77. The molecule has 0 spiro atoms. The summed E-state index contributed by atoms with van der Waals surface area (Å²) in [5, 5.41) is 9.20. The summed E-state index contributed by atoms with van der Waals surface area (Å²) >= 11 is 0. The second-order valence-electron chi connectivity index (χ2n) is 4.15. The highest BCUT2D eigenvalue weighted by Gasteiger charge is 2.17. The number of aromatic carboxylic acids is 1. The van der Waals surface area contributed by atoms with Crippen LogP contribution >= 0.6 is 0 Å². The Hall–Kier alpha value is -2.89. The largest absolute Gasteiger partial charge is 0.497 e. The summed E-state index contributed by atoms with van der Waals surface area (Å²) in [5.41, 5.74) is 1.26. The maximum absolute atomic E-state index is 11.2. The van der Waals surface area contributed by atoms with Crippen LogP contribution in [0, 0.1) is 0 Å². The van der Waals surface area contributed by atoms with Crippen LogP contribution in [-0.2, 0) is 0 Å². The van der Waals surface area contributed by atoms with Crippen molar-refractivity contribution in [2.24, 2.45) is 0 Å². The summed E-state index contributed by atoms with van der Waals surface area (Å²) in [6.45, 7) is 0. The van der Waals surface area contributed by atoms with E-state index in [9.17, 15) is 9.90 Å². The topological polar surface area (TPSA) is 76.7 Å². The number of nitrogens with zero attached hydrogens (tertiary/aromatic N) is 3. The van der Waals surface area contributed by atoms with E-state index < -0.39 is 5.97 Å². The molecule has 0 bridgehead atoms. The van der Waals surface area contributed by atoms with Crippen LogP contribution in [0.5, 0.6) is 5.75 Å². The van der Waals surface area contributed by atoms with Gasteiger partial charge in [0.05, 0.1) is 18.8 Å². The van der Waals surface area contributed by atoms with Gasteiger partial charge in [0.1, 0.15) is 11.6 Å². The lowest BCUT2D eigenvalue weighted by Gasteiger charge is -2.02. The van der Waals surface area contributed by atoms with Crippen molar-refractivity contribution in [1.82, 2.24) is 14.4 Å². The highest BCUT2D eigenvalue weighted by molar-refractivity contribution is 5.94. The van der Waals surface area contributed by atoms with Crippen LogP contribution in [0.15, 0.2) is 42.9 Å². The number of carbonyl (C=O) groups is 1. The summed E-state index contributed by atoms with van der Waals surface area (Å²) in [6, 6.07) is 7.27.